The van der Waals surface area contributed by atoms with Crippen LogP contribution in [0.3, 0.4) is 0 Å². The van der Waals surface area contributed by atoms with E-state index < -0.39 is 5.54 Å². The van der Waals surface area contributed by atoms with E-state index in [4.69, 9.17) is 5.73 Å². The lowest BCUT2D eigenvalue weighted by molar-refractivity contribution is -0.137. The number of aliphatic hydroxyl groups excluding tert-OH is 1. The van der Waals surface area contributed by atoms with Gasteiger partial charge in [-0.3, -0.25) is 4.79 Å². The van der Waals surface area contributed by atoms with Gasteiger partial charge in [-0.05, 0) is 32.6 Å². The van der Waals surface area contributed by atoms with Crippen LogP contribution < -0.4 is 5.73 Å². The normalized spacial score (nSPS) is 25.7. The summed E-state index contributed by atoms with van der Waals surface area (Å²) in [4.78, 5) is 13.8. The van der Waals surface area contributed by atoms with Gasteiger partial charge in [-0.15, -0.1) is 0 Å². The standard InChI is InChI=1S/C13H26N2O2/c1-13(2,9-16)15(3)12(17)8-10-6-4-5-7-11(10)14/h10-11,16H,4-9,14H2,1-3H3. The summed E-state index contributed by atoms with van der Waals surface area (Å²) in [5.41, 5.74) is 5.56. The summed E-state index contributed by atoms with van der Waals surface area (Å²) in [7, 11) is 1.76. The Bertz CT molecular complexity index is 266. The van der Waals surface area contributed by atoms with Crippen LogP contribution in [0.1, 0.15) is 46.0 Å². The molecule has 3 N–H and O–H groups in total. The molecule has 0 aliphatic heterocycles. The van der Waals surface area contributed by atoms with E-state index in [0.29, 0.717) is 12.3 Å². The Hall–Kier alpha value is -0.610. The quantitative estimate of drug-likeness (QED) is 0.776. The number of rotatable bonds is 4. The molecule has 0 spiro atoms. The van der Waals surface area contributed by atoms with Crippen LogP contribution in [0.5, 0.6) is 0 Å². The Labute approximate surface area is 104 Å². The van der Waals surface area contributed by atoms with Crippen molar-refractivity contribution < 1.29 is 9.90 Å². The third kappa shape index (κ3) is 3.68. The van der Waals surface area contributed by atoms with Crippen LogP contribution in [0.15, 0.2) is 0 Å². The number of hydrogen-bond acceptors (Lipinski definition) is 3. The number of hydrogen-bond donors (Lipinski definition) is 2. The second-order valence-corrected chi connectivity index (χ2v) is 5.84. The summed E-state index contributed by atoms with van der Waals surface area (Å²) in [6, 6.07) is 0.165. The van der Waals surface area contributed by atoms with Crippen molar-refractivity contribution in [1.29, 1.82) is 0 Å². The van der Waals surface area contributed by atoms with Gasteiger partial charge < -0.3 is 15.7 Å². The molecule has 4 heteroatoms. The average Bonchev–Trinajstić information content (AvgIpc) is 2.31. The fourth-order valence-corrected chi connectivity index (χ4v) is 2.29. The molecule has 1 aliphatic carbocycles. The fraction of sp³-hybridized carbons (Fsp3) is 0.923. The van der Waals surface area contributed by atoms with E-state index in [1.165, 1.54) is 12.8 Å². The Morgan fingerprint density at radius 2 is 2.00 bits per heavy atom. The lowest BCUT2D eigenvalue weighted by Gasteiger charge is -2.36. The summed E-state index contributed by atoms with van der Waals surface area (Å²) in [6.45, 7) is 3.71. The van der Waals surface area contributed by atoms with Crippen molar-refractivity contribution in [2.24, 2.45) is 11.7 Å². The van der Waals surface area contributed by atoms with Crippen LogP contribution in [0.25, 0.3) is 0 Å². The van der Waals surface area contributed by atoms with Crippen molar-refractivity contribution in [3.63, 3.8) is 0 Å². The molecule has 1 amide bonds. The fourth-order valence-electron chi connectivity index (χ4n) is 2.29. The van der Waals surface area contributed by atoms with Gasteiger partial charge in [0.05, 0.1) is 12.1 Å². The van der Waals surface area contributed by atoms with E-state index in [2.05, 4.69) is 0 Å². The number of carbonyl (C=O) groups excluding carboxylic acids is 1. The molecule has 4 nitrogen and oxygen atoms in total. The van der Waals surface area contributed by atoms with Crippen LogP contribution in [-0.2, 0) is 4.79 Å². The van der Waals surface area contributed by atoms with Gasteiger partial charge in [-0.25, -0.2) is 0 Å². The first-order valence-corrected chi connectivity index (χ1v) is 6.51. The second kappa shape index (κ2) is 5.83. The van der Waals surface area contributed by atoms with Gasteiger partial charge >= 0.3 is 0 Å². The van der Waals surface area contributed by atoms with Gasteiger partial charge in [0.1, 0.15) is 0 Å². The molecule has 0 aromatic carbocycles. The SMILES string of the molecule is CN(C(=O)CC1CCCCC1N)C(C)(C)CO. The number of aliphatic hydroxyl groups is 1. The Balaban J connectivity index is 2.53. The van der Waals surface area contributed by atoms with Gasteiger partial charge in [0.15, 0.2) is 0 Å². The number of amides is 1. The zero-order chi connectivity index (χ0) is 13.1. The zero-order valence-corrected chi connectivity index (χ0v) is 11.3. The minimum absolute atomic E-state index is 0.0219. The predicted molar refractivity (Wildman–Crippen MR) is 68.5 cm³/mol. The molecule has 2 atom stereocenters. The topological polar surface area (TPSA) is 66.6 Å². The van der Waals surface area contributed by atoms with Crippen LogP contribution in [0.4, 0.5) is 0 Å². The van der Waals surface area contributed by atoms with Crippen molar-refractivity contribution >= 4 is 5.91 Å². The average molecular weight is 242 g/mol. The first-order chi connectivity index (χ1) is 7.88. The minimum atomic E-state index is -0.490. The Kier molecular flexibility index (Phi) is 4.95. The lowest BCUT2D eigenvalue weighted by atomic mass is 9.82. The molecule has 0 saturated heterocycles. The highest BCUT2D eigenvalue weighted by atomic mass is 16.3. The smallest absolute Gasteiger partial charge is 0.223 e. The van der Waals surface area contributed by atoms with Gasteiger partial charge in [-0.1, -0.05) is 12.8 Å². The Morgan fingerprint density at radius 3 is 2.53 bits per heavy atom. The molecule has 0 radical (unpaired) electrons. The third-order valence-electron chi connectivity index (χ3n) is 4.07. The number of nitrogens with zero attached hydrogens (tertiary/aromatic N) is 1. The predicted octanol–water partition coefficient (Wildman–Crippen LogP) is 1.12. The van der Waals surface area contributed by atoms with Gasteiger partial charge in [0.25, 0.3) is 0 Å². The van der Waals surface area contributed by atoms with Gasteiger partial charge in [-0.2, -0.15) is 0 Å². The van der Waals surface area contributed by atoms with Gasteiger partial charge in [0.2, 0.25) is 5.91 Å². The molecule has 100 valence electrons. The maximum Gasteiger partial charge on any atom is 0.223 e. The van der Waals surface area contributed by atoms with Crippen LogP contribution in [0, 0.1) is 5.92 Å². The molecule has 0 aromatic rings. The molecule has 0 bridgehead atoms. The van der Waals surface area contributed by atoms with Crippen LogP contribution in [-0.4, -0.2) is 41.1 Å². The Morgan fingerprint density at radius 1 is 1.41 bits per heavy atom. The summed E-state index contributed by atoms with van der Waals surface area (Å²) >= 11 is 0. The first-order valence-electron chi connectivity index (χ1n) is 6.51. The van der Waals surface area contributed by atoms with E-state index in [1.54, 1.807) is 11.9 Å². The molecule has 1 rings (SSSR count). The highest BCUT2D eigenvalue weighted by Gasteiger charge is 2.30. The molecular weight excluding hydrogens is 216 g/mol. The molecular formula is C13H26N2O2. The van der Waals surface area contributed by atoms with Crippen LogP contribution in [0.2, 0.25) is 0 Å². The van der Waals surface area contributed by atoms with Gasteiger partial charge in [0, 0.05) is 19.5 Å². The second-order valence-electron chi connectivity index (χ2n) is 5.84. The van der Waals surface area contributed by atoms with E-state index in [1.807, 2.05) is 13.8 Å². The number of nitrogens with two attached hydrogens (primary N) is 1. The summed E-state index contributed by atoms with van der Waals surface area (Å²) in [5, 5.41) is 9.25. The van der Waals surface area contributed by atoms with Crippen molar-refractivity contribution in [3.8, 4) is 0 Å². The summed E-state index contributed by atoms with van der Waals surface area (Å²) in [5.74, 6) is 0.402. The number of likely N-dealkylation sites (N-methyl/N-ethyl adjacent to an activating group) is 1. The zero-order valence-electron chi connectivity index (χ0n) is 11.3. The lowest BCUT2D eigenvalue weighted by Crippen LogP contribution is -2.49. The molecule has 17 heavy (non-hydrogen) atoms. The summed E-state index contributed by atoms with van der Waals surface area (Å²) < 4.78 is 0. The van der Waals surface area contributed by atoms with E-state index in [9.17, 15) is 9.90 Å². The van der Waals surface area contributed by atoms with E-state index >= 15 is 0 Å². The monoisotopic (exact) mass is 242 g/mol. The highest BCUT2D eigenvalue weighted by molar-refractivity contribution is 5.77. The van der Waals surface area contributed by atoms with Crippen molar-refractivity contribution in [3.05, 3.63) is 0 Å². The molecule has 1 aliphatic rings. The molecule has 2 unspecified atom stereocenters. The summed E-state index contributed by atoms with van der Waals surface area (Å²) in [6.07, 6.45) is 4.97. The van der Waals surface area contributed by atoms with Crippen molar-refractivity contribution in [1.82, 2.24) is 4.90 Å². The van der Waals surface area contributed by atoms with E-state index in [0.717, 1.165) is 12.8 Å². The molecule has 0 heterocycles. The molecule has 0 aromatic heterocycles. The van der Waals surface area contributed by atoms with Crippen molar-refractivity contribution in [2.45, 2.75) is 57.5 Å². The molecule has 1 fully saturated rings. The number of carbonyl (C=O) groups is 1. The third-order valence-corrected chi connectivity index (χ3v) is 4.07. The minimum Gasteiger partial charge on any atom is -0.394 e. The maximum atomic E-state index is 12.1. The first kappa shape index (κ1) is 14.5. The highest BCUT2D eigenvalue weighted by Crippen LogP contribution is 2.27. The largest absolute Gasteiger partial charge is 0.394 e. The van der Waals surface area contributed by atoms with Crippen LogP contribution >= 0.6 is 0 Å². The van der Waals surface area contributed by atoms with E-state index in [-0.39, 0.29) is 18.6 Å². The van der Waals surface area contributed by atoms with Crippen molar-refractivity contribution in [2.75, 3.05) is 13.7 Å². The maximum absolute atomic E-state index is 12.1. The molecule has 1 saturated carbocycles.